The molecule has 2 N–H and O–H groups in total. The minimum Gasteiger partial charge on any atom is -0.406 e. The molecule has 1 aromatic carbocycles. The van der Waals surface area contributed by atoms with Crippen molar-refractivity contribution in [2.24, 2.45) is 11.8 Å². The average Bonchev–Trinajstić information content (AvgIpc) is 3.53. The molecule has 9 heteroatoms. The number of rotatable bonds is 8. The first-order chi connectivity index (χ1) is 13.8. The summed E-state index contributed by atoms with van der Waals surface area (Å²) in [6.45, 7) is 4.16. The van der Waals surface area contributed by atoms with Gasteiger partial charge in [0.05, 0.1) is 0 Å². The van der Waals surface area contributed by atoms with Gasteiger partial charge in [0.2, 0.25) is 11.9 Å². The highest BCUT2D eigenvalue weighted by Crippen LogP contribution is 2.35. The van der Waals surface area contributed by atoms with Crippen LogP contribution in [0.15, 0.2) is 24.3 Å². The number of benzene rings is 1. The number of alkyl halides is 3. The zero-order valence-electron chi connectivity index (χ0n) is 16.3. The molecule has 4 rings (SSSR count). The zero-order valence-corrected chi connectivity index (χ0v) is 16.3. The first-order valence-corrected chi connectivity index (χ1v) is 9.92. The van der Waals surface area contributed by atoms with E-state index in [2.05, 4.69) is 44.2 Å². The molecule has 29 heavy (non-hydrogen) atoms. The lowest BCUT2D eigenvalue weighted by Crippen LogP contribution is -2.23. The number of hydrogen-bond acceptors (Lipinski definition) is 6. The number of hydrogen-bond donors (Lipinski definition) is 2. The van der Waals surface area contributed by atoms with Crippen LogP contribution >= 0.6 is 0 Å². The second kappa shape index (κ2) is 7.68. The van der Waals surface area contributed by atoms with E-state index in [-0.39, 0.29) is 17.8 Å². The maximum absolute atomic E-state index is 12.6. The molecule has 0 spiro atoms. The molecule has 2 aliphatic rings. The van der Waals surface area contributed by atoms with E-state index in [9.17, 15) is 13.2 Å². The summed E-state index contributed by atoms with van der Waals surface area (Å²) >= 11 is 0. The molecule has 0 bridgehead atoms. The number of nitrogens with zero attached hydrogens (tertiary/aromatic N) is 3. The highest BCUT2D eigenvalue weighted by molar-refractivity contribution is 5.60. The molecule has 1 heterocycles. The third-order valence-electron chi connectivity index (χ3n) is 5.33. The topological polar surface area (TPSA) is 72.0 Å². The van der Waals surface area contributed by atoms with Gasteiger partial charge < -0.3 is 15.4 Å². The predicted octanol–water partition coefficient (Wildman–Crippen LogP) is 4.86. The van der Waals surface area contributed by atoms with E-state index in [1.807, 2.05) is 0 Å². The molecule has 1 aromatic heterocycles. The van der Waals surface area contributed by atoms with Crippen molar-refractivity contribution in [2.75, 3.05) is 10.6 Å². The lowest BCUT2D eigenvalue weighted by atomic mass is 10.2. The number of aromatic nitrogens is 3. The van der Waals surface area contributed by atoms with Crippen LogP contribution in [0.25, 0.3) is 11.4 Å². The Morgan fingerprint density at radius 3 is 1.97 bits per heavy atom. The number of halogens is 3. The largest absolute Gasteiger partial charge is 0.573 e. The van der Waals surface area contributed by atoms with Gasteiger partial charge in [-0.15, -0.1) is 13.2 Å². The van der Waals surface area contributed by atoms with Crippen molar-refractivity contribution in [2.45, 2.75) is 58.0 Å². The van der Waals surface area contributed by atoms with Gasteiger partial charge in [0.1, 0.15) is 5.75 Å². The summed E-state index contributed by atoms with van der Waals surface area (Å²) in [5, 5.41) is 6.62. The highest BCUT2D eigenvalue weighted by Gasteiger charge is 2.32. The molecule has 0 amide bonds. The fourth-order valence-corrected chi connectivity index (χ4v) is 3.30. The lowest BCUT2D eigenvalue weighted by molar-refractivity contribution is -0.274. The zero-order chi connectivity index (χ0) is 20.6. The van der Waals surface area contributed by atoms with E-state index in [0.29, 0.717) is 35.1 Å². The van der Waals surface area contributed by atoms with Gasteiger partial charge in [-0.3, -0.25) is 0 Å². The van der Waals surface area contributed by atoms with Gasteiger partial charge in [0.15, 0.2) is 5.82 Å². The third kappa shape index (κ3) is 5.48. The summed E-state index contributed by atoms with van der Waals surface area (Å²) in [6, 6.07) is 6.12. The van der Waals surface area contributed by atoms with E-state index in [0.717, 1.165) is 0 Å². The molecule has 2 aliphatic carbocycles. The Bertz CT molecular complexity index is 829. The van der Waals surface area contributed by atoms with E-state index in [1.54, 1.807) is 6.07 Å². The van der Waals surface area contributed by atoms with E-state index in [1.165, 1.54) is 43.9 Å². The summed E-state index contributed by atoms with van der Waals surface area (Å²) in [4.78, 5) is 13.4. The maximum atomic E-state index is 12.6. The van der Waals surface area contributed by atoms with Crippen molar-refractivity contribution in [1.29, 1.82) is 0 Å². The monoisotopic (exact) mass is 407 g/mol. The molecule has 2 fully saturated rings. The fourth-order valence-electron chi connectivity index (χ4n) is 3.30. The summed E-state index contributed by atoms with van der Waals surface area (Å²) in [5.74, 6) is 2.02. The Hall–Kier alpha value is -2.58. The molecule has 0 aliphatic heterocycles. The number of ether oxygens (including phenoxy) is 1. The minimum absolute atomic E-state index is 0.221. The fraction of sp³-hybridized carbons (Fsp3) is 0.550. The quantitative estimate of drug-likeness (QED) is 0.651. The van der Waals surface area contributed by atoms with Crippen LogP contribution in [-0.4, -0.2) is 33.4 Å². The Balaban J connectivity index is 1.62. The minimum atomic E-state index is -4.75. The van der Waals surface area contributed by atoms with E-state index in [4.69, 9.17) is 0 Å². The molecular weight excluding hydrogens is 383 g/mol. The standard InChI is InChI=1S/C20H24F3N5O/c1-11(13-6-7-13)24-18-26-17(27-19(28-18)25-12(2)14-8-9-14)15-4-3-5-16(10-15)29-20(21,22)23/h3-5,10-14H,6-9H2,1-2H3,(H2,24,25,26,27,28)/t11-,12-/m1/s1. The molecule has 0 unspecified atom stereocenters. The number of anilines is 2. The van der Waals surface area contributed by atoms with Crippen LogP contribution in [0.2, 0.25) is 0 Å². The van der Waals surface area contributed by atoms with Gasteiger partial charge >= 0.3 is 6.36 Å². The van der Waals surface area contributed by atoms with Crippen LogP contribution in [0, 0.1) is 11.8 Å². The van der Waals surface area contributed by atoms with Gasteiger partial charge in [-0.2, -0.15) is 15.0 Å². The second-order valence-electron chi connectivity index (χ2n) is 7.92. The van der Waals surface area contributed by atoms with Crippen molar-refractivity contribution >= 4 is 11.9 Å². The smallest absolute Gasteiger partial charge is 0.406 e. The molecule has 2 aromatic rings. The molecule has 2 atom stereocenters. The van der Waals surface area contributed by atoms with Crippen molar-refractivity contribution in [3.63, 3.8) is 0 Å². The average molecular weight is 407 g/mol. The molecule has 2 saturated carbocycles. The van der Waals surface area contributed by atoms with Gasteiger partial charge in [0, 0.05) is 17.6 Å². The van der Waals surface area contributed by atoms with E-state index < -0.39 is 6.36 Å². The van der Waals surface area contributed by atoms with Crippen LogP contribution in [0.4, 0.5) is 25.1 Å². The SMILES string of the molecule is C[C@@H](Nc1nc(N[C@H](C)C2CC2)nc(-c2cccc(OC(F)(F)F)c2)n1)C1CC1. The van der Waals surface area contributed by atoms with Crippen molar-refractivity contribution < 1.29 is 17.9 Å². The van der Waals surface area contributed by atoms with Crippen LogP contribution in [0.3, 0.4) is 0 Å². The number of nitrogens with one attached hydrogen (secondary N) is 2. The summed E-state index contributed by atoms with van der Waals surface area (Å²) in [6.07, 6.45) is -0.0600. The van der Waals surface area contributed by atoms with Crippen molar-refractivity contribution in [1.82, 2.24) is 15.0 Å². The first-order valence-electron chi connectivity index (χ1n) is 9.92. The second-order valence-corrected chi connectivity index (χ2v) is 7.92. The van der Waals surface area contributed by atoms with Gasteiger partial charge in [0.25, 0.3) is 0 Å². The van der Waals surface area contributed by atoms with Gasteiger partial charge in [-0.25, -0.2) is 0 Å². The Kier molecular flexibility index (Phi) is 5.23. The normalized spacial score (nSPS) is 18.8. The van der Waals surface area contributed by atoms with Crippen LogP contribution in [0.5, 0.6) is 5.75 Å². The van der Waals surface area contributed by atoms with Crippen LogP contribution in [0.1, 0.15) is 39.5 Å². The summed E-state index contributed by atoms with van der Waals surface area (Å²) in [5.41, 5.74) is 0.429. The molecule has 0 saturated heterocycles. The molecule has 6 nitrogen and oxygen atoms in total. The maximum Gasteiger partial charge on any atom is 0.573 e. The molecule has 0 radical (unpaired) electrons. The highest BCUT2D eigenvalue weighted by atomic mass is 19.4. The summed E-state index contributed by atoms with van der Waals surface area (Å²) in [7, 11) is 0. The predicted molar refractivity (Wildman–Crippen MR) is 104 cm³/mol. The third-order valence-corrected chi connectivity index (χ3v) is 5.33. The Morgan fingerprint density at radius 2 is 1.48 bits per heavy atom. The van der Waals surface area contributed by atoms with Gasteiger partial charge in [-0.1, -0.05) is 12.1 Å². The van der Waals surface area contributed by atoms with E-state index >= 15 is 0 Å². The molecular formula is C20H24F3N5O. The Morgan fingerprint density at radius 1 is 0.931 bits per heavy atom. The van der Waals surface area contributed by atoms with Crippen molar-refractivity contribution in [3.05, 3.63) is 24.3 Å². The van der Waals surface area contributed by atoms with Crippen LogP contribution in [-0.2, 0) is 0 Å². The van der Waals surface area contributed by atoms with Crippen LogP contribution < -0.4 is 15.4 Å². The Labute approximate surface area is 167 Å². The lowest BCUT2D eigenvalue weighted by Gasteiger charge is -2.17. The van der Waals surface area contributed by atoms with Gasteiger partial charge in [-0.05, 0) is 63.5 Å². The first kappa shape index (κ1) is 19.7. The summed E-state index contributed by atoms with van der Waals surface area (Å²) < 4.78 is 41.7. The molecule has 156 valence electrons. The van der Waals surface area contributed by atoms with Crippen molar-refractivity contribution in [3.8, 4) is 17.1 Å².